The number of rotatable bonds is 9. The van der Waals surface area contributed by atoms with E-state index in [1.165, 1.54) is 0 Å². The fourth-order valence-corrected chi connectivity index (χ4v) is 4.49. The number of ether oxygens (including phenoxy) is 2. The number of hydrogen-bond donors (Lipinski definition) is 1. The van der Waals surface area contributed by atoms with Crippen molar-refractivity contribution in [2.45, 2.75) is 19.4 Å². The number of aliphatic hydroxyl groups is 1. The molecule has 0 radical (unpaired) electrons. The molecular weight excluding hydrogens is 444 g/mol. The molecule has 0 bridgehead atoms. The van der Waals surface area contributed by atoms with Crippen LogP contribution in [0.3, 0.4) is 0 Å². The summed E-state index contributed by atoms with van der Waals surface area (Å²) in [6.07, 6.45) is 2.54. The van der Waals surface area contributed by atoms with Gasteiger partial charge in [-0.2, -0.15) is 0 Å². The quantitative estimate of drug-likeness (QED) is 0.258. The highest BCUT2D eigenvalue weighted by atomic mass is 16.5. The molecule has 1 amide bonds. The molecule has 1 atom stereocenters. The Balaban J connectivity index is 1.69. The summed E-state index contributed by atoms with van der Waals surface area (Å²) in [5.41, 5.74) is 2.53. The highest BCUT2D eigenvalue weighted by Gasteiger charge is 2.46. The van der Waals surface area contributed by atoms with Crippen molar-refractivity contribution >= 4 is 17.4 Å². The summed E-state index contributed by atoms with van der Waals surface area (Å²) >= 11 is 0. The molecular formula is C28H32N2O5. The highest BCUT2D eigenvalue weighted by molar-refractivity contribution is 6.46. The first-order chi connectivity index (χ1) is 17.0. The molecule has 0 aromatic heterocycles. The largest absolute Gasteiger partial charge is 0.507 e. The number of Topliss-reactive ketones (excluding diaryl/α,β-unsaturated/α-hetero) is 1. The minimum absolute atomic E-state index is 0.112. The molecule has 2 aromatic carbocycles. The van der Waals surface area contributed by atoms with Crippen molar-refractivity contribution in [3.63, 3.8) is 0 Å². The van der Waals surface area contributed by atoms with E-state index in [4.69, 9.17) is 9.47 Å². The molecule has 0 saturated carbocycles. The van der Waals surface area contributed by atoms with Crippen LogP contribution in [-0.2, 0) is 20.7 Å². The van der Waals surface area contributed by atoms with Crippen LogP contribution in [0.2, 0.25) is 0 Å². The topological polar surface area (TPSA) is 79.3 Å². The van der Waals surface area contributed by atoms with Gasteiger partial charge < -0.3 is 19.5 Å². The van der Waals surface area contributed by atoms with Crippen molar-refractivity contribution in [3.05, 3.63) is 83.4 Å². The Kier molecular flexibility index (Phi) is 8.00. The van der Waals surface area contributed by atoms with Gasteiger partial charge >= 0.3 is 0 Å². The maximum absolute atomic E-state index is 13.2. The highest BCUT2D eigenvalue weighted by Crippen LogP contribution is 2.39. The second-order valence-corrected chi connectivity index (χ2v) is 8.67. The molecule has 1 N–H and O–H groups in total. The van der Waals surface area contributed by atoms with E-state index in [1.807, 2.05) is 24.3 Å². The molecule has 4 rings (SSSR count). The van der Waals surface area contributed by atoms with Gasteiger partial charge in [0, 0.05) is 31.7 Å². The van der Waals surface area contributed by atoms with Crippen LogP contribution in [-0.4, -0.2) is 72.6 Å². The fraction of sp³-hybridized carbons (Fsp3) is 0.357. The smallest absolute Gasteiger partial charge is 0.295 e. The number of aryl methyl sites for hydroxylation is 1. The summed E-state index contributed by atoms with van der Waals surface area (Å²) in [4.78, 5) is 30.2. The number of nitrogens with zero attached hydrogens (tertiary/aromatic N) is 2. The van der Waals surface area contributed by atoms with Crippen LogP contribution in [0.1, 0.15) is 29.7 Å². The molecule has 7 nitrogen and oxygen atoms in total. The Bertz CT molecular complexity index is 1090. The number of ketones is 1. The Morgan fingerprint density at radius 3 is 2.40 bits per heavy atom. The minimum atomic E-state index is -0.666. The summed E-state index contributed by atoms with van der Waals surface area (Å²) in [6.45, 7) is 10.00. The van der Waals surface area contributed by atoms with Crippen LogP contribution in [0.25, 0.3) is 5.76 Å². The average Bonchev–Trinajstić information content (AvgIpc) is 3.16. The summed E-state index contributed by atoms with van der Waals surface area (Å²) in [5, 5.41) is 11.2. The monoisotopic (exact) mass is 476 g/mol. The molecule has 0 spiro atoms. The van der Waals surface area contributed by atoms with Crippen molar-refractivity contribution in [1.29, 1.82) is 0 Å². The van der Waals surface area contributed by atoms with Gasteiger partial charge in [-0.05, 0) is 41.8 Å². The van der Waals surface area contributed by atoms with E-state index < -0.39 is 17.7 Å². The van der Waals surface area contributed by atoms with Gasteiger partial charge in [-0.15, -0.1) is 0 Å². The molecule has 7 heteroatoms. The van der Waals surface area contributed by atoms with Crippen LogP contribution in [0.4, 0.5) is 0 Å². The number of benzene rings is 2. The van der Waals surface area contributed by atoms with Gasteiger partial charge in [-0.1, -0.05) is 43.8 Å². The lowest BCUT2D eigenvalue weighted by Gasteiger charge is -2.31. The number of carbonyl (C=O) groups is 2. The third kappa shape index (κ3) is 5.47. The Labute approximate surface area is 206 Å². The molecule has 2 fully saturated rings. The van der Waals surface area contributed by atoms with Gasteiger partial charge in [0.15, 0.2) is 0 Å². The van der Waals surface area contributed by atoms with Crippen molar-refractivity contribution in [2.24, 2.45) is 0 Å². The second kappa shape index (κ2) is 11.3. The lowest BCUT2D eigenvalue weighted by molar-refractivity contribution is -0.140. The first kappa shape index (κ1) is 24.7. The van der Waals surface area contributed by atoms with E-state index >= 15 is 0 Å². The zero-order valence-electron chi connectivity index (χ0n) is 20.1. The standard InChI is InChI=1S/C28H32N2O5/c1-3-17-35-23-11-9-22(10-12-23)26(31)24-25(21-7-5-20(4-2)6-8-21)30(28(33)27(24)32)14-13-29-15-18-34-19-16-29/h3,5-12,25,31H,1,4,13-19H2,2H3/b26-24+. The van der Waals surface area contributed by atoms with Gasteiger partial charge in [-0.3, -0.25) is 14.5 Å². The third-order valence-electron chi connectivity index (χ3n) is 6.50. The maximum atomic E-state index is 13.2. The molecule has 2 aliphatic rings. The molecule has 1 unspecified atom stereocenters. The summed E-state index contributed by atoms with van der Waals surface area (Å²) in [5.74, 6) is -0.812. The lowest BCUT2D eigenvalue weighted by atomic mass is 9.94. The molecule has 2 heterocycles. The molecule has 2 aliphatic heterocycles. The first-order valence-corrected chi connectivity index (χ1v) is 12.0. The molecule has 184 valence electrons. The van der Waals surface area contributed by atoms with E-state index in [1.54, 1.807) is 35.2 Å². The molecule has 2 aromatic rings. The van der Waals surface area contributed by atoms with E-state index in [9.17, 15) is 14.7 Å². The van der Waals surface area contributed by atoms with Crippen molar-refractivity contribution in [2.75, 3.05) is 46.0 Å². The molecule has 0 aliphatic carbocycles. The zero-order valence-corrected chi connectivity index (χ0v) is 20.1. The minimum Gasteiger partial charge on any atom is -0.507 e. The van der Waals surface area contributed by atoms with Gasteiger partial charge in [0.25, 0.3) is 11.7 Å². The zero-order chi connectivity index (χ0) is 24.8. The number of likely N-dealkylation sites (tertiary alicyclic amines) is 1. The first-order valence-electron chi connectivity index (χ1n) is 12.0. The van der Waals surface area contributed by atoms with Crippen molar-refractivity contribution in [3.8, 4) is 5.75 Å². The Morgan fingerprint density at radius 2 is 1.77 bits per heavy atom. The summed E-state index contributed by atoms with van der Waals surface area (Å²) in [6, 6.07) is 14.0. The number of amides is 1. The summed E-state index contributed by atoms with van der Waals surface area (Å²) in [7, 11) is 0. The predicted octanol–water partition coefficient (Wildman–Crippen LogP) is 3.57. The maximum Gasteiger partial charge on any atom is 0.295 e. The van der Waals surface area contributed by atoms with Crippen LogP contribution in [0.15, 0.2) is 66.8 Å². The fourth-order valence-electron chi connectivity index (χ4n) is 4.49. The average molecular weight is 477 g/mol. The number of hydrogen-bond acceptors (Lipinski definition) is 6. The lowest BCUT2D eigenvalue weighted by Crippen LogP contribution is -2.42. The van der Waals surface area contributed by atoms with E-state index in [2.05, 4.69) is 18.4 Å². The molecule has 2 saturated heterocycles. The normalized spacial score (nSPS) is 20.3. The van der Waals surface area contributed by atoms with Crippen LogP contribution in [0.5, 0.6) is 5.75 Å². The number of morpholine rings is 1. The van der Waals surface area contributed by atoms with Crippen molar-refractivity contribution < 1.29 is 24.2 Å². The van der Waals surface area contributed by atoms with E-state index in [-0.39, 0.29) is 11.3 Å². The summed E-state index contributed by atoms with van der Waals surface area (Å²) < 4.78 is 10.9. The van der Waals surface area contributed by atoms with Crippen LogP contribution < -0.4 is 4.74 Å². The number of carbonyl (C=O) groups excluding carboxylic acids is 2. The Hall–Kier alpha value is -3.42. The van der Waals surface area contributed by atoms with Gasteiger partial charge in [-0.25, -0.2) is 0 Å². The SMILES string of the molecule is C=CCOc1ccc(/C(O)=C2\C(=O)C(=O)N(CCN3CCOCC3)C2c2ccc(CC)cc2)cc1. The van der Waals surface area contributed by atoms with E-state index in [0.717, 1.165) is 30.6 Å². The van der Waals surface area contributed by atoms with Crippen LogP contribution in [0, 0.1) is 0 Å². The van der Waals surface area contributed by atoms with Crippen LogP contribution >= 0.6 is 0 Å². The van der Waals surface area contributed by atoms with Crippen molar-refractivity contribution in [1.82, 2.24) is 9.80 Å². The number of aliphatic hydroxyl groups excluding tert-OH is 1. The Morgan fingerprint density at radius 1 is 1.09 bits per heavy atom. The third-order valence-corrected chi connectivity index (χ3v) is 6.50. The van der Waals surface area contributed by atoms with E-state index in [0.29, 0.717) is 44.2 Å². The second-order valence-electron chi connectivity index (χ2n) is 8.67. The van der Waals surface area contributed by atoms with Gasteiger partial charge in [0.2, 0.25) is 0 Å². The predicted molar refractivity (Wildman–Crippen MR) is 134 cm³/mol. The van der Waals surface area contributed by atoms with Gasteiger partial charge in [0.1, 0.15) is 18.1 Å². The molecule has 35 heavy (non-hydrogen) atoms. The van der Waals surface area contributed by atoms with Gasteiger partial charge in [0.05, 0.1) is 24.8 Å².